The highest BCUT2D eigenvalue weighted by Crippen LogP contribution is 2.30. The van der Waals surface area contributed by atoms with Crippen molar-refractivity contribution in [3.8, 4) is 0 Å². The number of likely N-dealkylation sites (tertiary alicyclic amines) is 1. The Bertz CT molecular complexity index is 1230. The van der Waals surface area contributed by atoms with Crippen LogP contribution in [0.15, 0.2) is 53.6 Å². The molecule has 2 aliphatic rings. The summed E-state index contributed by atoms with van der Waals surface area (Å²) in [6.45, 7) is 2.14. The van der Waals surface area contributed by atoms with Crippen LogP contribution in [0.4, 0.5) is 10.5 Å². The molecule has 8 heteroatoms. The Labute approximate surface area is 209 Å². The summed E-state index contributed by atoms with van der Waals surface area (Å²) in [6.07, 6.45) is 11.7. The third-order valence-corrected chi connectivity index (χ3v) is 7.86. The molecule has 0 spiro atoms. The molecule has 2 aromatic heterocycles. The maximum absolute atomic E-state index is 12.8. The minimum absolute atomic E-state index is 0.0321. The van der Waals surface area contributed by atoms with E-state index in [4.69, 9.17) is 0 Å². The molecule has 3 heterocycles. The van der Waals surface area contributed by atoms with Gasteiger partial charge in [-0.2, -0.15) is 0 Å². The van der Waals surface area contributed by atoms with Gasteiger partial charge in [-0.15, -0.1) is 11.3 Å². The number of urea groups is 1. The fraction of sp³-hybridized carbons (Fsp3) is 0.407. The van der Waals surface area contributed by atoms with Crippen molar-refractivity contribution in [3.05, 3.63) is 64.3 Å². The highest BCUT2D eigenvalue weighted by Gasteiger charge is 2.26. The molecule has 1 aliphatic carbocycles. The molecule has 182 valence electrons. The van der Waals surface area contributed by atoms with Gasteiger partial charge in [-0.1, -0.05) is 17.7 Å². The van der Waals surface area contributed by atoms with Crippen molar-refractivity contribution < 1.29 is 9.59 Å². The van der Waals surface area contributed by atoms with Crippen LogP contribution in [0.1, 0.15) is 66.4 Å². The zero-order chi connectivity index (χ0) is 24.0. The summed E-state index contributed by atoms with van der Waals surface area (Å²) < 4.78 is 0. The van der Waals surface area contributed by atoms with Crippen LogP contribution in [-0.4, -0.2) is 46.4 Å². The van der Waals surface area contributed by atoms with Crippen molar-refractivity contribution in [1.29, 1.82) is 0 Å². The van der Waals surface area contributed by atoms with Crippen LogP contribution in [-0.2, 0) is 0 Å². The lowest BCUT2D eigenvalue weighted by molar-refractivity contribution is 0.102. The van der Waals surface area contributed by atoms with E-state index >= 15 is 0 Å². The van der Waals surface area contributed by atoms with Crippen molar-refractivity contribution in [3.63, 3.8) is 0 Å². The summed E-state index contributed by atoms with van der Waals surface area (Å²) >= 11 is 1.53. The predicted octanol–water partition coefficient (Wildman–Crippen LogP) is 5.72. The van der Waals surface area contributed by atoms with E-state index in [0.29, 0.717) is 25.3 Å². The van der Waals surface area contributed by atoms with Crippen LogP contribution in [0.25, 0.3) is 10.9 Å². The number of nitrogens with zero attached hydrogens (tertiary/aromatic N) is 3. The lowest BCUT2D eigenvalue weighted by Gasteiger charge is -2.31. The summed E-state index contributed by atoms with van der Waals surface area (Å²) in [5.41, 5.74) is 3.54. The Hall–Kier alpha value is -3.26. The number of anilines is 1. The van der Waals surface area contributed by atoms with Gasteiger partial charge in [0.25, 0.3) is 5.91 Å². The number of amides is 3. The van der Waals surface area contributed by atoms with Gasteiger partial charge in [0.15, 0.2) is 0 Å². The Kier molecular flexibility index (Phi) is 7.37. The first-order chi connectivity index (χ1) is 17.2. The molecule has 1 aromatic carbocycles. The molecule has 1 saturated heterocycles. The summed E-state index contributed by atoms with van der Waals surface area (Å²) in [7, 11) is 0. The average molecular weight is 490 g/mol. The molecule has 5 rings (SSSR count). The van der Waals surface area contributed by atoms with Crippen LogP contribution in [0.2, 0.25) is 0 Å². The van der Waals surface area contributed by atoms with Crippen molar-refractivity contribution in [1.82, 2.24) is 20.2 Å². The van der Waals surface area contributed by atoms with Crippen LogP contribution < -0.4 is 10.6 Å². The van der Waals surface area contributed by atoms with Crippen LogP contribution in [0, 0.1) is 0 Å². The summed E-state index contributed by atoms with van der Waals surface area (Å²) in [5, 5.41) is 9.81. The first kappa shape index (κ1) is 23.5. The number of pyridine rings is 1. The van der Waals surface area contributed by atoms with Gasteiger partial charge in [-0.25, -0.2) is 9.78 Å². The molecule has 3 amide bonds. The first-order valence-electron chi connectivity index (χ1n) is 12.5. The van der Waals surface area contributed by atoms with E-state index in [1.165, 1.54) is 42.6 Å². The van der Waals surface area contributed by atoms with Crippen LogP contribution >= 0.6 is 11.3 Å². The van der Waals surface area contributed by atoms with E-state index in [2.05, 4.69) is 26.7 Å². The lowest BCUT2D eigenvalue weighted by Crippen LogP contribution is -2.44. The minimum atomic E-state index is -0.208. The number of fused-ring (bicyclic) bond motifs is 1. The number of piperidine rings is 1. The standard InChI is InChI=1S/C27H31N5O2S/c33-25(30-22-8-9-23-21(17-22)7-4-13-28-23)24-18-35-26(31-24)20-11-15-32(16-12-20)27(34)29-14-10-19-5-2-1-3-6-19/h4-5,7-9,13,17-18,20H,1-3,6,10-12,14-16H2,(H,29,34)(H,30,33). The van der Waals surface area contributed by atoms with Gasteiger partial charge < -0.3 is 15.5 Å². The predicted molar refractivity (Wildman–Crippen MR) is 140 cm³/mol. The zero-order valence-electron chi connectivity index (χ0n) is 19.8. The highest BCUT2D eigenvalue weighted by molar-refractivity contribution is 7.10. The number of hydrogen-bond acceptors (Lipinski definition) is 5. The van der Waals surface area contributed by atoms with E-state index in [1.54, 1.807) is 6.20 Å². The molecule has 0 bridgehead atoms. The topological polar surface area (TPSA) is 87.2 Å². The zero-order valence-corrected chi connectivity index (χ0v) is 20.7. The van der Waals surface area contributed by atoms with E-state index < -0.39 is 0 Å². The second-order valence-corrected chi connectivity index (χ2v) is 10.2. The Balaban J connectivity index is 1.10. The second kappa shape index (κ2) is 11.0. The van der Waals surface area contributed by atoms with Crippen molar-refractivity contribution in [2.45, 2.75) is 50.9 Å². The smallest absolute Gasteiger partial charge is 0.317 e. The number of carbonyl (C=O) groups excluding carboxylic acids is 2. The van der Waals surface area contributed by atoms with Gasteiger partial charge in [0.1, 0.15) is 5.69 Å². The number of thiazole rings is 1. The monoisotopic (exact) mass is 489 g/mol. The van der Waals surface area contributed by atoms with Crippen LogP contribution in [0.5, 0.6) is 0 Å². The Morgan fingerprint density at radius 2 is 2.03 bits per heavy atom. The molecular formula is C27H31N5O2S. The maximum atomic E-state index is 12.8. The molecule has 0 radical (unpaired) electrons. The van der Waals surface area contributed by atoms with E-state index in [-0.39, 0.29) is 17.9 Å². The molecule has 2 N–H and O–H groups in total. The number of benzene rings is 1. The Morgan fingerprint density at radius 3 is 2.86 bits per heavy atom. The molecular weight excluding hydrogens is 458 g/mol. The van der Waals surface area contributed by atoms with Crippen molar-refractivity contribution in [2.75, 3.05) is 25.0 Å². The van der Waals surface area contributed by atoms with Gasteiger partial charge >= 0.3 is 6.03 Å². The normalized spacial score (nSPS) is 16.7. The molecule has 1 aliphatic heterocycles. The minimum Gasteiger partial charge on any atom is -0.338 e. The molecule has 35 heavy (non-hydrogen) atoms. The molecule has 7 nitrogen and oxygen atoms in total. The largest absolute Gasteiger partial charge is 0.338 e. The third-order valence-electron chi connectivity index (χ3n) is 6.85. The van der Waals surface area contributed by atoms with Crippen molar-refractivity contribution in [2.24, 2.45) is 0 Å². The molecule has 0 unspecified atom stereocenters. The average Bonchev–Trinajstić information content (AvgIpc) is 3.40. The van der Waals surface area contributed by atoms with E-state index in [0.717, 1.165) is 40.9 Å². The summed E-state index contributed by atoms with van der Waals surface area (Å²) in [6, 6.07) is 9.55. The van der Waals surface area contributed by atoms with Gasteiger partial charge in [0.2, 0.25) is 0 Å². The van der Waals surface area contributed by atoms with Gasteiger partial charge in [0, 0.05) is 48.2 Å². The number of aromatic nitrogens is 2. The van der Waals surface area contributed by atoms with E-state index in [9.17, 15) is 9.59 Å². The quantitative estimate of drug-likeness (QED) is 0.433. The summed E-state index contributed by atoms with van der Waals surface area (Å²) in [5.74, 6) is 0.0744. The molecule has 0 saturated carbocycles. The Morgan fingerprint density at radius 1 is 1.14 bits per heavy atom. The third kappa shape index (κ3) is 5.88. The number of carbonyl (C=O) groups is 2. The number of hydrogen-bond donors (Lipinski definition) is 2. The maximum Gasteiger partial charge on any atom is 0.317 e. The van der Waals surface area contributed by atoms with Gasteiger partial charge in [-0.05, 0) is 69.2 Å². The number of rotatable bonds is 6. The fourth-order valence-electron chi connectivity index (χ4n) is 4.83. The van der Waals surface area contributed by atoms with Crippen LogP contribution in [0.3, 0.4) is 0 Å². The van der Waals surface area contributed by atoms with E-state index in [1.807, 2.05) is 40.6 Å². The molecule has 3 aromatic rings. The SMILES string of the molecule is O=C(Nc1ccc2ncccc2c1)c1csc(C2CCN(C(=O)NCCC3=CCCCC3)CC2)n1. The van der Waals surface area contributed by atoms with Gasteiger partial charge in [0.05, 0.1) is 10.5 Å². The number of nitrogens with one attached hydrogen (secondary N) is 2. The van der Waals surface area contributed by atoms with Gasteiger partial charge in [-0.3, -0.25) is 9.78 Å². The second-order valence-electron chi connectivity index (χ2n) is 9.29. The first-order valence-corrected chi connectivity index (χ1v) is 13.4. The highest BCUT2D eigenvalue weighted by atomic mass is 32.1. The molecule has 0 atom stereocenters. The fourth-order valence-corrected chi connectivity index (χ4v) is 5.80. The number of allylic oxidation sites excluding steroid dienone is 1. The molecule has 1 fully saturated rings. The lowest BCUT2D eigenvalue weighted by atomic mass is 9.97. The van der Waals surface area contributed by atoms with Crippen molar-refractivity contribution >= 4 is 39.9 Å². The summed E-state index contributed by atoms with van der Waals surface area (Å²) in [4.78, 5) is 36.2.